The minimum Gasteiger partial charge on any atom is -0.497 e. The Morgan fingerprint density at radius 3 is 2.39 bits per heavy atom. The van der Waals surface area contributed by atoms with Crippen LogP contribution in [0, 0.1) is 0 Å². The molecule has 3 nitrogen and oxygen atoms in total. The molecule has 23 heavy (non-hydrogen) atoms. The highest BCUT2D eigenvalue weighted by molar-refractivity contribution is 6.42. The van der Waals surface area contributed by atoms with Gasteiger partial charge in [0, 0.05) is 11.3 Å². The van der Waals surface area contributed by atoms with E-state index in [0.29, 0.717) is 10.0 Å². The average molecular weight is 352 g/mol. The van der Waals surface area contributed by atoms with Crippen LogP contribution in [-0.4, -0.2) is 33.3 Å². The summed E-state index contributed by atoms with van der Waals surface area (Å²) in [6.45, 7) is 5.19. The standard InChI is InChI=1S/C18H20Cl2N2O/c1-23-16-7-5-15(6-8-16)22-11-9-21(10-12-22)13-14-3-2-4-17(19)18(14)20/h2-8H,9-13H2,1H3/p+1. The molecule has 3 rings (SSSR count). The number of anilines is 1. The van der Waals surface area contributed by atoms with Crippen molar-refractivity contribution < 1.29 is 9.64 Å². The zero-order chi connectivity index (χ0) is 16.2. The molecule has 1 saturated heterocycles. The number of benzene rings is 2. The Balaban J connectivity index is 1.58. The number of quaternary nitrogens is 1. The molecule has 0 aromatic heterocycles. The van der Waals surface area contributed by atoms with E-state index in [1.54, 1.807) is 12.0 Å². The lowest BCUT2D eigenvalue weighted by Gasteiger charge is -2.33. The number of hydrogen-bond donors (Lipinski definition) is 1. The summed E-state index contributed by atoms with van der Waals surface area (Å²) in [5, 5.41) is 1.33. The molecule has 2 aromatic rings. The van der Waals surface area contributed by atoms with Gasteiger partial charge in [0.15, 0.2) is 0 Å². The molecule has 122 valence electrons. The van der Waals surface area contributed by atoms with Crippen molar-refractivity contribution in [3.63, 3.8) is 0 Å². The third-order valence-corrected chi connectivity index (χ3v) is 5.24. The fourth-order valence-corrected chi connectivity index (χ4v) is 3.39. The summed E-state index contributed by atoms with van der Waals surface area (Å²) in [7, 11) is 1.69. The van der Waals surface area contributed by atoms with Gasteiger partial charge in [-0.25, -0.2) is 0 Å². The fraction of sp³-hybridized carbons (Fsp3) is 0.333. The van der Waals surface area contributed by atoms with Gasteiger partial charge in [0.1, 0.15) is 12.3 Å². The van der Waals surface area contributed by atoms with Crippen LogP contribution < -0.4 is 14.5 Å². The van der Waals surface area contributed by atoms with Gasteiger partial charge in [-0.2, -0.15) is 0 Å². The van der Waals surface area contributed by atoms with Crippen LogP contribution in [0.2, 0.25) is 10.0 Å². The van der Waals surface area contributed by atoms with Crippen LogP contribution in [0.3, 0.4) is 0 Å². The van der Waals surface area contributed by atoms with E-state index < -0.39 is 0 Å². The lowest BCUT2D eigenvalue weighted by atomic mass is 10.2. The van der Waals surface area contributed by atoms with E-state index in [9.17, 15) is 0 Å². The molecule has 1 fully saturated rings. The summed E-state index contributed by atoms with van der Waals surface area (Å²) < 4.78 is 5.21. The number of piperazine rings is 1. The molecule has 0 spiro atoms. The maximum absolute atomic E-state index is 6.30. The maximum Gasteiger partial charge on any atom is 0.119 e. The molecule has 1 aliphatic rings. The summed E-state index contributed by atoms with van der Waals surface area (Å²) in [5.41, 5.74) is 2.39. The summed E-state index contributed by atoms with van der Waals surface area (Å²) in [5.74, 6) is 0.897. The van der Waals surface area contributed by atoms with Crippen LogP contribution in [0.15, 0.2) is 42.5 Å². The topological polar surface area (TPSA) is 16.9 Å². The Bertz CT molecular complexity index is 653. The Hall–Kier alpha value is -1.42. The number of hydrogen-bond acceptors (Lipinski definition) is 2. The van der Waals surface area contributed by atoms with Crippen LogP contribution in [0.4, 0.5) is 5.69 Å². The van der Waals surface area contributed by atoms with Crippen molar-refractivity contribution in [1.82, 2.24) is 0 Å². The SMILES string of the molecule is COc1ccc(N2CC[NH+](Cc3cccc(Cl)c3Cl)CC2)cc1. The molecule has 1 N–H and O–H groups in total. The normalized spacial score (nSPS) is 15.7. The molecule has 0 saturated carbocycles. The van der Waals surface area contributed by atoms with Gasteiger partial charge in [0.25, 0.3) is 0 Å². The highest BCUT2D eigenvalue weighted by Gasteiger charge is 2.21. The van der Waals surface area contributed by atoms with Gasteiger partial charge < -0.3 is 14.5 Å². The van der Waals surface area contributed by atoms with Crippen molar-refractivity contribution >= 4 is 28.9 Å². The van der Waals surface area contributed by atoms with Crippen LogP contribution in [0.1, 0.15) is 5.56 Å². The smallest absolute Gasteiger partial charge is 0.119 e. The van der Waals surface area contributed by atoms with E-state index in [1.165, 1.54) is 5.69 Å². The van der Waals surface area contributed by atoms with Crippen molar-refractivity contribution in [3.8, 4) is 5.75 Å². The fourth-order valence-electron chi connectivity index (χ4n) is 3.01. The van der Waals surface area contributed by atoms with Crippen LogP contribution >= 0.6 is 23.2 Å². The lowest BCUT2D eigenvalue weighted by Crippen LogP contribution is -3.13. The molecule has 0 unspecified atom stereocenters. The summed E-state index contributed by atoms with van der Waals surface area (Å²) in [6.07, 6.45) is 0. The Labute approximate surface area is 147 Å². The largest absolute Gasteiger partial charge is 0.497 e. The molecule has 0 radical (unpaired) electrons. The number of ether oxygens (including phenoxy) is 1. The number of nitrogens with one attached hydrogen (secondary N) is 1. The summed E-state index contributed by atoms with van der Waals surface area (Å²) in [6, 6.07) is 14.1. The first kappa shape index (κ1) is 16.4. The van der Waals surface area contributed by atoms with Gasteiger partial charge >= 0.3 is 0 Å². The molecular formula is C18H21Cl2N2O+. The number of methoxy groups -OCH3 is 1. The van der Waals surface area contributed by atoms with Gasteiger partial charge in [0.05, 0.1) is 43.3 Å². The first-order valence-electron chi connectivity index (χ1n) is 7.83. The second-order valence-electron chi connectivity index (χ2n) is 5.82. The Morgan fingerprint density at radius 2 is 1.74 bits per heavy atom. The Kier molecular flexibility index (Phi) is 5.31. The zero-order valence-corrected chi connectivity index (χ0v) is 14.7. The van der Waals surface area contributed by atoms with Crippen LogP contribution in [-0.2, 0) is 6.54 Å². The highest BCUT2D eigenvalue weighted by atomic mass is 35.5. The minimum absolute atomic E-state index is 0.639. The van der Waals surface area contributed by atoms with E-state index in [-0.39, 0.29) is 0 Å². The average Bonchev–Trinajstić information content (AvgIpc) is 2.60. The predicted molar refractivity (Wildman–Crippen MR) is 96.1 cm³/mol. The highest BCUT2D eigenvalue weighted by Crippen LogP contribution is 2.25. The second-order valence-corrected chi connectivity index (χ2v) is 6.61. The van der Waals surface area contributed by atoms with Gasteiger partial charge in [-0.05, 0) is 30.3 Å². The molecule has 0 atom stereocenters. The Morgan fingerprint density at radius 1 is 1.04 bits per heavy atom. The summed E-state index contributed by atoms with van der Waals surface area (Å²) >= 11 is 12.4. The monoisotopic (exact) mass is 351 g/mol. The second kappa shape index (κ2) is 7.43. The maximum atomic E-state index is 6.30. The van der Waals surface area contributed by atoms with Gasteiger partial charge in [-0.3, -0.25) is 0 Å². The number of nitrogens with zero attached hydrogens (tertiary/aromatic N) is 1. The summed E-state index contributed by atoms with van der Waals surface area (Å²) in [4.78, 5) is 3.96. The lowest BCUT2D eigenvalue weighted by molar-refractivity contribution is -0.914. The van der Waals surface area contributed by atoms with Crippen molar-refractivity contribution in [2.24, 2.45) is 0 Å². The van der Waals surface area contributed by atoms with Crippen molar-refractivity contribution in [2.75, 3.05) is 38.2 Å². The molecule has 5 heteroatoms. The first-order chi connectivity index (χ1) is 11.2. The minimum atomic E-state index is 0.639. The van der Waals surface area contributed by atoms with E-state index >= 15 is 0 Å². The zero-order valence-electron chi connectivity index (χ0n) is 13.2. The van der Waals surface area contributed by atoms with Crippen molar-refractivity contribution in [2.45, 2.75) is 6.54 Å². The van der Waals surface area contributed by atoms with E-state index in [0.717, 1.165) is 44.0 Å². The number of halogens is 2. The predicted octanol–water partition coefficient (Wildman–Crippen LogP) is 2.91. The molecule has 2 aromatic carbocycles. The molecule has 0 bridgehead atoms. The van der Waals surface area contributed by atoms with E-state index in [2.05, 4.69) is 23.1 Å². The quantitative estimate of drug-likeness (QED) is 0.911. The molecule has 0 aliphatic carbocycles. The number of rotatable bonds is 4. The third kappa shape index (κ3) is 3.92. The van der Waals surface area contributed by atoms with E-state index in [4.69, 9.17) is 27.9 Å². The van der Waals surface area contributed by atoms with Crippen LogP contribution in [0.5, 0.6) is 5.75 Å². The molecule has 1 aliphatic heterocycles. The van der Waals surface area contributed by atoms with Gasteiger partial charge in [0.2, 0.25) is 0 Å². The van der Waals surface area contributed by atoms with Crippen molar-refractivity contribution in [1.29, 1.82) is 0 Å². The first-order valence-corrected chi connectivity index (χ1v) is 8.58. The van der Waals surface area contributed by atoms with Crippen molar-refractivity contribution in [3.05, 3.63) is 58.1 Å². The molecule has 0 amide bonds. The molecular weight excluding hydrogens is 331 g/mol. The van der Waals surface area contributed by atoms with E-state index in [1.807, 2.05) is 24.3 Å². The van der Waals surface area contributed by atoms with Crippen LogP contribution in [0.25, 0.3) is 0 Å². The molecule has 1 heterocycles. The van der Waals surface area contributed by atoms with Gasteiger partial charge in [-0.1, -0.05) is 35.3 Å². The van der Waals surface area contributed by atoms with Gasteiger partial charge in [-0.15, -0.1) is 0 Å². The third-order valence-electron chi connectivity index (χ3n) is 4.38.